The summed E-state index contributed by atoms with van der Waals surface area (Å²) in [6, 6.07) is 9.04. The van der Waals surface area contributed by atoms with E-state index in [0.29, 0.717) is 12.6 Å². The molecule has 0 radical (unpaired) electrons. The molecule has 0 amide bonds. The van der Waals surface area contributed by atoms with Crippen molar-refractivity contribution in [3.63, 3.8) is 0 Å². The Morgan fingerprint density at radius 1 is 1.31 bits per heavy atom. The highest BCUT2D eigenvalue weighted by atomic mass is 16.3. The van der Waals surface area contributed by atoms with Gasteiger partial charge in [0.15, 0.2) is 0 Å². The summed E-state index contributed by atoms with van der Waals surface area (Å²) in [5.41, 5.74) is 2.80. The van der Waals surface area contributed by atoms with E-state index in [1.54, 1.807) is 4.90 Å². The molecule has 2 atom stereocenters. The molecule has 1 fully saturated rings. The molecule has 0 aliphatic carbocycles. The number of hydrogen-bond acceptors (Lipinski definition) is 1. The minimum Gasteiger partial charge on any atom is -0.390 e. The molecule has 1 saturated heterocycles. The first-order valence-corrected chi connectivity index (χ1v) is 6.31. The smallest absolute Gasteiger partial charge is 0.111 e. The molecule has 88 valence electrons. The number of piperidine rings is 1. The molecule has 1 aromatic rings. The molecule has 1 aliphatic heterocycles. The lowest BCUT2D eigenvalue weighted by molar-refractivity contribution is -0.944. The SMILES string of the molecule is Cc1ccccc1C[NH+]1CCCC[C@@H]1CO. The molecule has 16 heavy (non-hydrogen) atoms. The number of quaternary nitrogens is 1. The molecule has 1 aliphatic rings. The predicted octanol–water partition coefficient (Wildman–Crippen LogP) is 0.925. The molecule has 1 unspecified atom stereocenters. The number of rotatable bonds is 3. The molecule has 1 heterocycles. The highest BCUT2D eigenvalue weighted by Crippen LogP contribution is 2.08. The van der Waals surface area contributed by atoms with E-state index in [9.17, 15) is 5.11 Å². The maximum absolute atomic E-state index is 9.39. The Hall–Kier alpha value is -0.860. The van der Waals surface area contributed by atoms with Crippen molar-refractivity contribution in [2.24, 2.45) is 0 Å². The van der Waals surface area contributed by atoms with E-state index < -0.39 is 0 Å². The van der Waals surface area contributed by atoms with Crippen LogP contribution in [0.4, 0.5) is 0 Å². The number of aliphatic hydroxyl groups is 1. The van der Waals surface area contributed by atoms with Crippen molar-refractivity contribution in [3.8, 4) is 0 Å². The standard InChI is InChI=1S/C14H21NO/c1-12-6-2-3-7-13(12)10-15-9-5-4-8-14(15)11-16/h2-3,6-7,14,16H,4-5,8-11H2,1H3/p+1/t14-/m1/s1. The molecule has 2 heteroatoms. The minimum absolute atomic E-state index is 0.335. The van der Waals surface area contributed by atoms with Gasteiger partial charge in [-0.3, -0.25) is 0 Å². The summed E-state index contributed by atoms with van der Waals surface area (Å²) in [5, 5.41) is 9.39. The van der Waals surface area contributed by atoms with Gasteiger partial charge in [-0.05, 0) is 25.3 Å². The van der Waals surface area contributed by atoms with Crippen molar-refractivity contribution < 1.29 is 10.0 Å². The van der Waals surface area contributed by atoms with Crippen molar-refractivity contribution in [2.75, 3.05) is 13.2 Å². The summed E-state index contributed by atoms with van der Waals surface area (Å²) < 4.78 is 0. The molecule has 2 rings (SSSR count). The largest absolute Gasteiger partial charge is 0.390 e. The van der Waals surface area contributed by atoms with Gasteiger partial charge >= 0.3 is 0 Å². The minimum atomic E-state index is 0.335. The monoisotopic (exact) mass is 220 g/mol. The molecular formula is C14H22NO+. The lowest BCUT2D eigenvalue weighted by Crippen LogP contribution is -3.16. The second-order valence-corrected chi connectivity index (χ2v) is 4.89. The molecule has 0 bridgehead atoms. The van der Waals surface area contributed by atoms with E-state index in [2.05, 4.69) is 31.2 Å². The fourth-order valence-electron chi connectivity index (χ4n) is 2.66. The Kier molecular flexibility index (Phi) is 3.97. The second-order valence-electron chi connectivity index (χ2n) is 4.89. The summed E-state index contributed by atoms with van der Waals surface area (Å²) in [6.07, 6.45) is 3.76. The zero-order chi connectivity index (χ0) is 11.4. The van der Waals surface area contributed by atoms with Gasteiger partial charge in [0.1, 0.15) is 12.6 Å². The summed E-state index contributed by atoms with van der Waals surface area (Å²) in [6.45, 7) is 4.78. The van der Waals surface area contributed by atoms with Gasteiger partial charge in [0.25, 0.3) is 0 Å². The fraction of sp³-hybridized carbons (Fsp3) is 0.571. The van der Waals surface area contributed by atoms with Crippen molar-refractivity contribution in [3.05, 3.63) is 35.4 Å². The number of aryl methyl sites for hydroxylation is 1. The maximum Gasteiger partial charge on any atom is 0.111 e. The average Bonchev–Trinajstić information content (AvgIpc) is 2.33. The zero-order valence-electron chi connectivity index (χ0n) is 10.1. The van der Waals surface area contributed by atoms with Crippen LogP contribution < -0.4 is 4.90 Å². The van der Waals surface area contributed by atoms with Crippen LogP contribution in [0.15, 0.2) is 24.3 Å². The first-order valence-electron chi connectivity index (χ1n) is 6.31. The fourth-order valence-corrected chi connectivity index (χ4v) is 2.66. The summed E-state index contributed by atoms with van der Waals surface area (Å²) in [7, 11) is 0. The number of aliphatic hydroxyl groups excluding tert-OH is 1. The van der Waals surface area contributed by atoms with E-state index >= 15 is 0 Å². The van der Waals surface area contributed by atoms with Crippen molar-refractivity contribution in [1.29, 1.82) is 0 Å². The Morgan fingerprint density at radius 3 is 2.88 bits per heavy atom. The van der Waals surface area contributed by atoms with Crippen LogP contribution in [-0.4, -0.2) is 24.3 Å². The second kappa shape index (κ2) is 5.46. The van der Waals surface area contributed by atoms with Gasteiger partial charge in [-0.1, -0.05) is 24.3 Å². The first kappa shape index (κ1) is 11.6. The third-order valence-corrected chi connectivity index (χ3v) is 3.78. The number of nitrogens with one attached hydrogen (secondary N) is 1. The van der Waals surface area contributed by atoms with E-state index in [4.69, 9.17) is 0 Å². The normalized spacial score (nSPS) is 25.6. The predicted molar refractivity (Wildman–Crippen MR) is 65.4 cm³/mol. The lowest BCUT2D eigenvalue weighted by Gasteiger charge is -2.31. The van der Waals surface area contributed by atoms with E-state index in [0.717, 1.165) is 6.54 Å². The summed E-state index contributed by atoms with van der Waals surface area (Å²) in [5.74, 6) is 0. The van der Waals surface area contributed by atoms with Gasteiger partial charge in [-0.2, -0.15) is 0 Å². The van der Waals surface area contributed by atoms with Crippen LogP contribution in [0.1, 0.15) is 30.4 Å². The lowest BCUT2D eigenvalue weighted by atomic mass is 10.0. The maximum atomic E-state index is 9.39. The molecule has 0 saturated carbocycles. The third-order valence-electron chi connectivity index (χ3n) is 3.78. The van der Waals surface area contributed by atoms with Crippen LogP contribution in [-0.2, 0) is 6.54 Å². The van der Waals surface area contributed by atoms with E-state index in [-0.39, 0.29) is 0 Å². The van der Waals surface area contributed by atoms with Crippen molar-refractivity contribution >= 4 is 0 Å². The van der Waals surface area contributed by atoms with E-state index in [1.165, 1.54) is 36.9 Å². The molecule has 0 spiro atoms. The number of benzene rings is 1. The van der Waals surface area contributed by atoms with Crippen LogP contribution in [0.3, 0.4) is 0 Å². The third kappa shape index (κ3) is 2.63. The van der Waals surface area contributed by atoms with Gasteiger partial charge in [0.2, 0.25) is 0 Å². The van der Waals surface area contributed by atoms with Gasteiger partial charge in [-0.25, -0.2) is 0 Å². The molecule has 2 N–H and O–H groups in total. The topological polar surface area (TPSA) is 24.7 Å². The molecule has 0 aromatic heterocycles. The molecule has 2 nitrogen and oxygen atoms in total. The summed E-state index contributed by atoms with van der Waals surface area (Å²) >= 11 is 0. The quantitative estimate of drug-likeness (QED) is 0.778. The van der Waals surface area contributed by atoms with Crippen LogP contribution in [0.25, 0.3) is 0 Å². The Morgan fingerprint density at radius 2 is 2.12 bits per heavy atom. The van der Waals surface area contributed by atoms with E-state index in [1.807, 2.05) is 0 Å². The average molecular weight is 220 g/mol. The Labute approximate surface area is 97.9 Å². The first-order chi connectivity index (χ1) is 7.81. The van der Waals surface area contributed by atoms with Crippen LogP contribution in [0.5, 0.6) is 0 Å². The Balaban J connectivity index is 2.05. The van der Waals surface area contributed by atoms with Gasteiger partial charge < -0.3 is 10.0 Å². The van der Waals surface area contributed by atoms with Gasteiger partial charge in [0, 0.05) is 12.0 Å². The highest BCUT2D eigenvalue weighted by molar-refractivity contribution is 5.24. The molecule has 1 aromatic carbocycles. The van der Waals surface area contributed by atoms with Crippen molar-refractivity contribution in [1.82, 2.24) is 0 Å². The molecular weight excluding hydrogens is 198 g/mol. The zero-order valence-corrected chi connectivity index (χ0v) is 10.1. The van der Waals surface area contributed by atoms with Gasteiger partial charge in [0.05, 0.1) is 13.2 Å². The van der Waals surface area contributed by atoms with Crippen molar-refractivity contribution in [2.45, 2.75) is 38.8 Å². The Bertz CT molecular complexity index is 337. The van der Waals surface area contributed by atoms with Crippen LogP contribution in [0.2, 0.25) is 0 Å². The van der Waals surface area contributed by atoms with Crippen LogP contribution in [0, 0.1) is 6.92 Å². The van der Waals surface area contributed by atoms with Gasteiger partial charge in [-0.15, -0.1) is 0 Å². The van der Waals surface area contributed by atoms with Crippen LogP contribution >= 0.6 is 0 Å². The summed E-state index contributed by atoms with van der Waals surface area (Å²) in [4.78, 5) is 1.56. The highest BCUT2D eigenvalue weighted by Gasteiger charge is 2.25. The number of hydrogen-bond donors (Lipinski definition) is 2. The number of likely N-dealkylation sites (tertiary alicyclic amines) is 1.